The SMILES string of the molecule is N#Cc1ccc(C(F)(F)/C=C/c2ccccc2)cc1. The predicted molar refractivity (Wildman–Crippen MR) is 70.5 cm³/mol. The van der Waals surface area contributed by atoms with Gasteiger partial charge in [-0.3, -0.25) is 0 Å². The van der Waals surface area contributed by atoms with E-state index in [1.54, 1.807) is 24.3 Å². The molecule has 0 N–H and O–H groups in total. The Morgan fingerprint density at radius 3 is 2.16 bits per heavy atom. The normalized spacial score (nSPS) is 11.4. The first kappa shape index (κ1) is 13.0. The van der Waals surface area contributed by atoms with Crippen LogP contribution in [0.5, 0.6) is 0 Å². The van der Waals surface area contributed by atoms with E-state index >= 15 is 0 Å². The lowest BCUT2D eigenvalue weighted by molar-refractivity contribution is 0.0531. The molecular weight excluding hydrogens is 244 g/mol. The van der Waals surface area contributed by atoms with Gasteiger partial charge in [-0.1, -0.05) is 48.5 Å². The van der Waals surface area contributed by atoms with E-state index in [-0.39, 0.29) is 5.56 Å². The monoisotopic (exact) mass is 255 g/mol. The lowest BCUT2D eigenvalue weighted by atomic mass is 10.0. The van der Waals surface area contributed by atoms with Crippen LogP contribution in [0.3, 0.4) is 0 Å². The summed E-state index contributed by atoms with van der Waals surface area (Å²) in [5, 5.41) is 8.63. The molecule has 2 aromatic rings. The molecular formula is C16H11F2N. The maximum absolute atomic E-state index is 13.9. The Balaban J connectivity index is 2.22. The van der Waals surface area contributed by atoms with Gasteiger partial charge in [0.15, 0.2) is 0 Å². The summed E-state index contributed by atoms with van der Waals surface area (Å²) in [6.07, 6.45) is 2.25. The molecule has 0 amide bonds. The zero-order valence-corrected chi connectivity index (χ0v) is 10.1. The first-order valence-corrected chi connectivity index (χ1v) is 5.74. The highest BCUT2D eigenvalue weighted by molar-refractivity contribution is 5.51. The Labute approximate surface area is 110 Å². The van der Waals surface area contributed by atoms with Crippen LogP contribution in [0, 0.1) is 11.3 Å². The van der Waals surface area contributed by atoms with Gasteiger partial charge in [0.25, 0.3) is 5.92 Å². The number of hydrogen-bond acceptors (Lipinski definition) is 1. The van der Waals surface area contributed by atoms with E-state index in [1.807, 2.05) is 12.1 Å². The molecule has 0 radical (unpaired) electrons. The molecule has 0 aliphatic heterocycles. The van der Waals surface area contributed by atoms with E-state index < -0.39 is 5.92 Å². The van der Waals surface area contributed by atoms with Crippen molar-refractivity contribution in [3.63, 3.8) is 0 Å². The second-order valence-corrected chi connectivity index (χ2v) is 4.06. The lowest BCUT2D eigenvalue weighted by Crippen LogP contribution is -2.08. The molecule has 0 fully saturated rings. The van der Waals surface area contributed by atoms with Gasteiger partial charge in [-0.25, -0.2) is 0 Å². The summed E-state index contributed by atoms with van der Waals surface area (Å²) in [7, 11) is 0. The van der Waals surface area contributed by atoms with Crippen molar-refractivity contribution >= 4 is 6.08 Å². The number of allylic oxidation sites excluding steroid dienone is 1. The third kappa shape index (κ3) is 3.26. The predicted octanol–water partition coefficient (Wildman–Crippen LogP) is 4.36. The van der Waals surface area contributed by atoms with Crippen molar-refractivity contribution in [1.82, 2.24) is 0 Å². The molecule has 0 aliphatic rings. The number of nitriles is 1. The number of halogens is 2. The molecule has 2 rings (SSSR count). The number of hydrogen-bond donors (Lipinski definition) is 0. The van der Waals surface area contributed by atoms with Crippen LogP contribution in [-0.4, -0.2) is 0 Å². The molecule has 0 atom stereocenters. The summed E-state index contributed by atoms with van der Waals surface area (Å²) in [5.74, 6) is -3.05. The second kappa shape index (κ2) is 5.45. The van der Waals surface area contributed by atoms with Gasteiger partial charge in [0.2, 0.25) is 0 Å². The van der Waals surface area contributed by atoms with E-state index in [0.717, 1.165) is 11.6 Å². The molecule has 0 saturated carbocycles. The fraction of sp³-hybridized carbons (Fsp3) is 0.0625. The van der Waals surface area contributed by atoms with Gasteiger partial charge < -0.3 is 0 Å². The quantitative estimate of drug-likeness (QED) is 0.799. The number of benzene rings is 2. The molecule has 0 bridgehead atoms. The van der Waals surface area contributed by atoms with Crippen molar-refractivity contribution in [3.8, 4) is 6.07 Å². The highest BCUT2D eigenvalue weighted by atomic mass is 19.3. The van der Waals surface area contributed by atoms with Crippen molar-refractivity contribution in [2.45, 2.75) is 5.92 Å². The van der Waals surface area contributed by atoms with Crippen LogP contribution in [-0.2, 0) is 5.92 Å². The molecule has 94 valence electrons. The number of rotatable bonds is 3. The van der Waals surface area contributed by atoms with Crippen LogP contribution in [0.15, 0.2) is 60.7 Å². The van der Waals surface area contributed by atoms with Gasteiger partial charge in [0.05, 0.1) is 11.6 Å². The van der Waals surface area contributed by atoms with E-state index in [4.69, 9.17) is 5.26 Å². The number of alkyl halides is 2. The molecule has 0 saturated heterocycles. The minimum absolute atomic E-state index is 0.126. The summed E-state index contributed by atoms with van der Waals surface area (Å²) in [6, 6.07) is 16.1. The lowest BCUT2D eigenvalue weighted by Gasteiger charge is -2.12. The molecule has 3 heteroatoms. The third-order valence-corrected chi connectivity index (χ3v) is 2.68. The van der Waals surface area contributed by atoms with Gasteiger partial charge in [0, 0.05) is 5.56 Å². The van der Waals surface area contributed by atoms with Crippen LogP contribution in [0.1, 0.15) is 16.7 Å². The summed E-state index contributed by atoms with van der Waals surface area (Å²) in [5.41, 5.74) is 0.959. The first-order valence-electron chi connectivity index (χ1n) is 5.74. The van der Waals surface area contributed by atoms with Gasteiger partial charge >= 0.3 is 0 Å². The Kier molecular flexibility index (Phi) is 3.72. The van der Waals surface area contributed by atoms with Crippen LogP contribution < -0.4 is 0 Å². The van der Waals surface area contributed by atoms with Crippen LogP contribution in [0.2, 0.25) is 0 Å². The van der Waals surface area contributed by atoms with Crippen molar-refractivity contribution in [2.75, 3.05) is 0 Å². The Morgan fingerprint density at radius 2 is 1.58 bits per heavy atom. The molecule has 19 heavy (non-hydrogen) atoms. The highest BCUT2D eigenvalue weighted by Crippen LogP contribution is 2.30. The van der Waals surface area contributed by atoms with Gasteiger partial charge in [-0.2, -0.15) is 14.0 Å². The molecule has 1 nitrogen and oxygen atoms in total. The summed E-state index contributed by atoms with van der Waals surface area (Å²) < 4.78 is 27.8. The Hall–Kier alpha value is -2.47. The Bertz CT molecular complexity index is 607. The standard InChI is InChI=1S/C16H11F2N/c17-16(18,11-10-13-4-2-1-3-5-13)15-8-6-14(12-19)7-9-15/h1-11H/b11-10+. The second-order valence-electron chi connectivity index (χ2n) is 4.06. The van der Waals surface area contributed by atoms with Crippen LogP contribution >= 0.6 is 0 Å². The van der Waals surface area contributed by atoms with Gasteiger partial charge in [-0.05, 0) is 23.8 Å². The maximum Gasteiger partial charge on any atom is 0.292 e. The van der Waals surface area contributed by atoms with Crippen LogP contribution in [0.4, 0.5) is 8.78 Å². The average molecular weight is 255 g/mol. The van der Waals surface area contributed by atoms with Crippen molar-refractivity contribution in [1.29, 1.82) is 5.26 Å². The zero-order chi connectivity index (χ0) is 13.7. The van der Waals surface area contributed by atoms with Crippen LogP contribution in [0.25, 0.3) is 6.08 Å². The van der Waals surface area contributed by atoms with Gasteiger partial charge in [-0.15, -0.1) is 0 Å². The molecule has 0 unspecified atom stereocenters. The Morgan fingerprint density at radius 1 is 0.947 bits per heavy atom. The molecule has 2 aromatic carbocycles. The number of nitrogens with zero attached hydrogens (tertiary/aromatic N) is 1. The third-order valence-electron chi connectivity index (χ3n) is 2.68. The molecule has 0 aromatic heterocycles. The maximum atomic E-state index is 13.9. The van der Waals surface area contributed by atoms with E-state index in [0.29, 0.717) is 5.56 Å². The smallest absolute Gasteiger partial charge is 0.197 e. The highest BCUT2D eigenvalue weighted by Gasteiger charge is 2.27. The summed E-state index contributed by atoms with van der Waals surface area (Å²) in [6.45, 7) is 0. The molecule has 0 spiro atoms. The summed E-state index contributed by atoms with van der Waals surface area (Å²) in [4.78, 5) is 0. The average Bonchev–Trinajstić information content (AvgIpc) is 2.46. The van der Waals surface area contributed by atoms with Crippen molar-refractivity contribution in [2.24, 2.45) is 0 Å². The van der Waals surface area contributed by atoms with E-state index in [1.165, 1.54) is 30.3 Å². The zero-order valence-electron chi connectivity index (χ0n) is 10.1. The minimum atomic E-state index is -3.05. The van der Waals surface area contributed by atoms with E-state index in [2.05, 4.69) is 0 Å². The van der Waals surface area contributed by atoms with Gasteiger partial charge in [0.1, 0.15) is 0 Å². The van der Waals surface area contributed by atoms with E-state index in [9.17, 15) is 8.78 Å². The van der Waals surface area contributed by atoms with Crippen molar-refractivity contribution in [3.05, 3.63) is 77.4 Å². The first-order chi connectivity index (χ1) is 9.12. The largest absolute Gasteiger partial charge is 0.292 e. The summed E-state index contributed by atoms with van der Waals surface area (Å²) >= 11 is 0. The van der Waals surface area contributed by atoms with Crippen molar-refractivity contribution < 1.29 is 8.78 Å². The fourth-order valence-electron chi connectivity index (χ4n) is 1.63. The minimum Gasteiger partial charge on any atom is -0.197 e. The molecule has 0 heterocycles. The fourth-order valence-corrected chi connectivity index (χ4v) is 1.63. The topological polar surface area (TPSA) is 23.8 Å². The molecule has 0 aliphatic carbocycles.